The number of nitrogens with zero attached hydrogens (tertiary/aromatic N) is 1. The third-order valence-corrected chi connectivity index (χ3v) is 7.26. The van der Waals surface area contributed by atoms with Gasteiger partial charge >= 0.3 is 0 Å². The van der Waals surface area contributed by atoms with Gasteiger partial charge in [-0.15, -0.1) is 0 Å². The van der Waals surface area contributed by atoms with Gasteiger partial charge in [-0.2, -0.15) is 0 Å². The number of rotatable bonds is 3. The second-order valence-electron chi connectivity index (χ2n) is 9.04. The van der Waals surface area contributed by atoms with Crippen LogP contribution < -0.4 is 5.73 Å². The number of hydrogen-bond donors (Lipinski definition) is 5. The number of hydrogen-bond acceptors (Lipinski definition) is 8. The summed E-state index contributed by atoms with van der Waals surface area (Å²) in [7, 11) is 3.03. The molecule has 1 aromatic rings. The number of halogens is 1. The van der Waals surface area contributed by atoms with Crippen LogP contribution in [0.4, 0.5) is 4.39 Å². The van der Waals surface area contributed by atoms with Crippen LogP contribution in [0.15, 0.2) is 29.0 Å². The molecule has 0 spiro atoms. The Balaban J connectivity index is 2.05. The number of ketones is 2. The van der Waals surface area contributed by atoms with E-state index in [9.17, 15) is 39.2 Å². The summed E-state index contributed by atoms with van der Waals surface area (Å²) in [6.45, 7) is 1.75. The Kier molecular flexibility index (Phi) is 5.14. The minimum absolute atomic E-state index is 0.0446. The summed E-state index contributed by atoms with van der Waals surface area (Å²) in [4.78, 5) is 40.2. The van der Waals surface area contributed by atoms with Crippen molar-refractivity contribution in [2.75, 3.05) is 14.1 Å². The summed E-state index contributed by atoms with van der Waals surface area (Å²) < 4.78 is 14.9. The molecule has 1 fully saturated rings. The summed E-state index contributed by atoms with van der Waals surface area (Å²) in [6.07, 6.45) is 0.238. The summed E-state index contributed by atoms with van der Waals surface area (Å²) in [5.41, 5.74) is 1.19. The number of fused-ring (bicyclic) bond motifs is 3. The number of likely N-dealkylation sites (N-methyl/N-ethyl adjacent to an activating group) is 1. The van der Waals surface area contributed by atoms with Gasteiger partial charge in [0, 0.05) is 17.1 Å². The predicted octanol–water partition coefficient (Wildman–Crippen LogP) is 1.05. The van der Waals surface area contributed by atoms with Crippen LogP contribution in [0.2, 0.25) is 0 Å². The molecule has 9 nitrogen and oxygen atoms in total. The first kappa shape index (κ1) is 22.9. The number of aliphatic hydroxyl groups is 3. The van der Waals surface area contributed by atoms with Crippen LogP contribution in [0.3, 0.4) is 0 Å². The topological polar surface area (TPSA) is 161 Å². The number of aromatic hydroxyl groups is 1. The number of phenolic OH excluding ortho intramolecular Hbond substituents is 1. The van der Waals surface area contributed by atoms with Gasteiger partial charge in [0.15, 0.2) is 11.4 Å². The van der Waals surface area contributed by atoms with Crippen LogP contribution in [-0.4, -0.2) is 68.5 Å². The highest BCUT2D eigenvalue weighted by atomic mass is 19.1. The molecule has 0 radical (unpaired) electrons. The molecule has 0 saturated heterocycles. The van der Waals surface area contributed by atoms with Crippen LogP contribution in [0.1, 0.15) is 36.8 Å². The zero-order chi connectivity index (χ0) is 24.6. The molecule has 1 aromatic carbocycles. The zero-order valence-corrected chi connectivity index (χ0v) is 18.3. The highest BCUT2D eigenvalue weighted by molar-refractivity contribution is 6.24. The number of primary amides is 1. The minimum Gasteiger partial charge on any atom is -0.508 e. The second-order valence-corrected chi connectivity index (χ2v) is 9.04. The minimum atomic E-state index is -2.72. The Bertz CT molecular complexity index is 1170. The van der Waals surface area contributed by atoms with Crippen LogP contribution in [0, 0.1) is 17.7 Å². The van der Waals surface area contributed by atoms with Gasteiger partial charge in [0.05, 0.1) is 11.6 Å². The van der Waals surface area contributed by atoms with Crippen molar-refractivity contribution >= 4 is 23.2 Å². The molecule has 33 heavy (non-hydrogen) atoms. The molecular weight excluding hydrogens is 435 g/mol. The quantitative estimate of drug-likeness (QED) is 0.418. The molecule has 3 aliphatic carbocycles. The lowest BCUT2D eigenvalue weighted by Crippen LogP contribution is -2.66. The number of Topliss-reactive ketones (excluding diaryl/α,β-unsaturated/α-hetero) is 2. The van der Waals surface area contributed by atoms with E-state index in [0.717, 1.165) is 12.1 Å². The van der Waals surface area contributed by atoms with Crippen LogP contribution in [0.5, 0.6) is 5.75 Å². The van der Waals surface area contributed by atoms with Crippen LogP contribution >= 0.6 is 0 Å². The number of amides is 1. The molecule has 176 valence electrons. The summed E-state index contributed by atoms with van der Waals surface area (Å²) in [6, 6.07) is 0.928. The monoisotopic (exact) mass is 460 g/mol. The van der Waals surface area contributed by atoms with Crippen molar-refractivity contribution in [3.8, 4) is 5.75 Å². The van der Waals surface area contributed by atoms with E-state index < -0.39 is 75.5 Å². The lowest BCUT2D eigenvalue weighted by atomic mass is 9.55. The van der Waals surface area contributed by atoms with Crippen molar-refractivity contribution in [3.63, 3.8) is 0 Å². The third kappa shape index (κ3) is 2.80. The predicted molar refractivity (Wildman–Crippen MR) is 114 cm³/mol. The van der Waals surface area contributed by atoms with Gasteiger partial charge in [-0.1, -0.05) is 6.92 Å². The van der Waals surface area contributed by atoms with Gasteiger partial charge in [-0.25, -0.2) is 4.39 Å². The molecule has 0 aromatic heterocycles. The van der Waals surface area contributed by atoms with E-state index in [1.807, 2.05) is 0 Å². The summed E-state index contributed by atoms with van der Waals surface area (Å²) >= 11 is 0. The van der Waals surface area contributed by atoms with Gasteiger partial charge in [0.1, 0.15) is 28.7 Å². The fourth-order valence-corrected chi connectivity index (χ4v) is 5.88. The maximum Gasteiger partial charge on any atom is 0.255 e. The van der Waals surface area contributed by atoms with Crippen LogP contribution in [0.25, 0.3) is 5.76 Å². The highest BCUT2D eigenvalue weighted by Crippen LogP contribution is 2.57. The Hall–Kier alpha value is -3.24. The van der Waals surface area contributed by atoms with E-state index in [-0.39, 0.29) is 23.1 Å². The first-order valence-electron chi connectivity index (χ1n) is 10.6. The largest absolute Gasteiger partial charge is 0.508 e. The van der Waals surface area contributed by atoms with E-state index >= 15 is 0 Å². The second kappa shape index (κ2) is 7.39. The van der Waals surface area contributed by atoms with Gasteiger partial charge in [-0.3, -0.25) is 19.3 Å². The molecule has 1 unspecified atom stereocenters. The average molecular weight is 460 g/mol. The number of carbonyl (C=O) groups excluding carboxylic acids is 3. The number of phenols is 1. The number of carbonyl (C=O) groups is 3. The zero-order valence-electron chi connectivity index (χ0n) is 18.3. The standard InChI is InChI=1S/C23H25FN2O7/c1-4-8-9-7-10-17(26(2)3)19(29)16(22(25)32)21(31)23(10,33)20(30)14(9)18(28)15-12(27)6-5-11(24)13(8)15/h5-6,8-10,17,27-28,31,33H,4,7H2,1-3H3,(H2,25,32)/t8?,9-,10+,17+,23+/m1/s1. The molecule has 10 heteroatoms. The van der Waals surface area contributed by atoms with Gasteiger partial charge in [-0.05, 0) is 50.9 Å². The lowest BCUT2D eigenvalue weighted by molar-refractivity contribution is -0.154. The fraction of sp³-hybridized carbons (Fsp3) is 0.435. The van der Waals surface area contributed by atoms with Crippen molar-refractivity contribution in [2.24, 2.45) is 17.6 Å². The molecule has 0 heterocycles. The number of benzene rings is 1. The smallest absolute Gasteiger partial charge is 0.255 e. The van der Waals surface area contributed by atoms with Crippen molar-refractivity contribution in [1.82, 2.24) is 4.90 Å². The molecule has 5 atom stereocenters. The van der Waals surface area contributed by atoms with Gasteiger partial charge < -0.3 is 26.2 Å². The molecule has 0 aliphatic heterocycles. The lowest BCUT2D eigenvalue weighted by Gasteiger charge is -2.51. The first-order valence-corrected chi connectivity index (χ1v) is 10.6. The first-order chi connectivity index (χ1) is 15.4. The van der Waals surface area contributed by atoms with Crippen molar-refractivity contribution in [2.45, 2.75) is 37.3 Å². The Morgan fingerprint density at radius 1 is 1.24 bits per heavy atom. The van der Waals surface area contributed by atoms with E-state index in [4.69, 9.17) is 5.73 Å². The average Bonchev–Trinajstić information content (AvgIpc) is 2.72. The number of nitrogens with two attached hydrogens (primary N) is 1. The Morgan fingerprint density at radius 2 is 1.88 bits per heavy atom. The maximum atomic E-state index is 14.9. The van der Waals surface area contributed by atoms with E-state index in [1.165, 1.54) is 19.0 Å². The summed E-state index contributed by atoms with van der Waals surface area (Å²) in [5, 5.41) is 43.7. The van der Waals surface area contributed by atoms with Crippen LogP contribution in [-0.2, 0) is 14.4 Å². The molecule has 1 amide bonds. The summed E-state index contributed by atoms with van der Waals surface area (Å²) in [5.74, 6) is -8.91. The highest BCUT2D eigenvalue weighted by Gasteiger charge is 2.65. The van der Waals surface area contributed by atoms with E-state index in [1.54, 1.807) is 6.92 Å². The molecular formula is C23H25FN2O7. The SMILES string of the molecule is CCC1c2c(F)ccc(O)c2C(O)=C2C(=O)[C@]3(O)C(O)=C(C(N)=O)C(=O)[C@@H](N(C)C)[C@@H]3C[C@@H]21. The Labute approximate surface area is 188 Å². The Morgan fingerprint density at radius 3 is 2.42 bits per heavy atom. The van der Waals surface area contributed by atoms with E-state index in [0.29, 0.717) is 6.42 Å². The third-order valence-electron chi connectivity index (χ3n) is 7.26. The van der Waals surface area contributed by atoms with E-state index in [2.05, 4.69) is 0 Å². The maximum absolute atomic E-state index is 14.9. The molecule has 4 rings (SSSR count). The normalized spacial score (nSPS) is 31.5. The fourth-order valence-electron chi connectivity index (χ4n) is 5.88. The molecule has 0 bridgehead atoms. The number of aliphatic hydroxyl groups excluding tert-OH is 2. The van der Waals surface area contributed by atoms with Gasteiger partial charge in [0.2, 0.25) is 5.78 Å². The van der Waals surface area contributed by atoms with Gasteiger partial charge in [0.25, 0.3) is 5.91 Å². The van der Waals surface area contributed by atoms with Crippen molar-refractivity contribution in [1.29, 1.82) is 0 Å². The molecule has 6 N–H and O–H groups in total. The van der Waals surface area contributed by atoms with Crippen molar-refractivity contribution in [3.05, 3.63) is 46.0 Å². The molecule has 1 saturated carbocycles. The molecule has 3 aliphatic rings. The van der Waals surface area contributed by atoms with Crippen molar-refractivity contribution < 1.29 is 39.2 Å².